The summed E-state index contributed by atoms with van der Waals surface area (Å²) in [5.41, 5.74) is 17.7. The maximum absolute atomic E-state index is 13.3. The third-order valence-corrected chi connectivity index (χ3v) is 3.92. The number of aromatic nitrogens is 1. The number of hydrogen-bond acceptors (Lipinski definition) is 7. The molecule has 0 saturated heterocycles. The molecule has 0 spiro atoms. The Hall–Kier alpha value is -3.17. The monoisotopic (exact) mass is 406 g/mol. The molecule has 0 aliphatic heterocycles. The molecule has 0 saturated carbocycles. The first-order valence-corrected chi connectivity index (χ1v) is 8.47. The van der Waals surface area contributed by atoms with Crippen LogP contribution in [0.5, 0.6) is 5.75 Å². The summed E-state index contributed by atoms with van der Waals surface area (Å²) in [6, 6.07) is 5.64. The highest BCUT2D eigenvalue weighted by molar-refractivity contribution is 6.30. The highest BCUT2D eigenvalue weighted by atomic mass is 35.5. The number of pyridine rings is 1. The van der Waals surface area contributed by atoms with Crippen molar-refractivity contribution in [2.45, 2.75) is 6.04 Å². The summed E-state index contributed by atoms with van der Waals surface area (Å²) in [4.78, 5) is 20.2. The number of rotatable bonds is 7. The molecule has 1 aromatic heterocycles. The van der Waals surface area contributed by atoms with Crippen molar-refractivity contribution in [3.8, 4) is 5.75 Å². The molecule has 10 heteroatoms. The predicted octanol–water partition coefficient (Wildman–Crippen LogP) is 1.77. The number of nitrogens with zero attached hydrogens (tertiary/aromatic N) is 2. The summed E-state index contributed by atoms with van der Waals surface area (Å²) >= 11 is 6.07. The van der Waals surface area contributed by atoms with E-state index in [4.69, 9.17) is 33.5 Å². The Kier molecular flexibility index (Phi) is 7.30. The summed E-state index contributed by atoms with van der Waals surface area (Å²) in [5.74, 6) is -0.919. The third-order valence-electron chi connectivity index (χ3n) is 3.70. The molecule has 7 N–H and O–H groups in total. The Labute approximate surface area is 166 Å². The molecule has 1 aromatic carbocycles. The number of aliphatic imine (C=N–C) groups is 1. The number of carbonyl (C=O) groups excluding carboxylic acids is 1. The van der Waals surface area contributed by atoms with E-state index in [1.165, 1.54) is 13.3 Å². The van der Waals surface area contributed by atoms with E-state index in [9.17, 15) is 9.18 Å². The average Bonchev–Trinajstić information content (AvgIpc) is 2.68. The first kappa shape index (κ1) is 21.1. The number of amides is 1. The SMILES string of the molecule is COc1cc(Cl)cc(C(CN)N=C/C(=C\N)NC(=O)c2cc(F)cnc2N)c1. The lowest BCUT2D eigenvalue weighted by Crippen LogP contribution is -2.26. The molecule has 0 aliphatic carbocycles. The summed E-state index contributed by atoms with van der Waals surface area (Å²) in [5, 5.41) is 2.96. The molecule has 1 amide bonds. The van der Waals surface area contributed by atoms with Gasteiger partial charge in [0.1, 0.15) is 17.4 Å². The van der Waals surface area contributed by atoms with E-state index >= 15 is 0 Å². The van der Waals surface area contributed by atoms with Gasteiger partial charge in [-0.1, -0.05) is 11.6 Å². The second-order valence-electron chi connectivity index (χ2n) is 5.62. The van der Waals surface area contributed by atoms with Gasteiger partial charge in [0.15, 0.2) is 0 Å². The Balaban J connectivity index is 2.18. The number of nitrogens with two attached hydrogens (primary N) is 3. The Bertz CT molecular complexity index is 919. The molecule has 8 nitrogen and oxygen atoms in total. The minimum Gasteiger partial charge on any atom is -0.497 e. The standard InChI is InChI=1S/C18H20ClFN6O2/c1-28-14-3-10(2-11(19)4-14)16(7-22)24-9-13(6-21)26-18(27)15-5-12(20)8-25-17(15)23/h2-6,8-9,16H,7,21-22H2,1H3,(H2,23,25)(H,26,27)/b13-6+,24-9?. The van der Waals surface area contributed by atoms with Gasteiger partial charge in [-0.2, -0.15) is 0 Å². The summed E-state index contributed by atoms with van der Waals surface area (Å²) in [6.45, 7) is 0.173. The van der Waals surface area contributed by atoms with Crippen molar-refractivity contribution in [2.24, 2.45) is 16.5 Å². The number of hydrogen-bond donors (Lipinski definition) is 4. The van der Waals surface area contributed by atoms with Crippen molar-refractivity contribution < 1.29 is 13.9 Å². The maximum Gasteiger partial charge on any atom is 0.259 e. The second-order valence-corrected chi connectivity index (χ2v) is 6.05. The van der Waals surface area contributed by atoms with Crippen LogP contribution in [0.1, 0.15) is 22.0 Å². The van der Waals surface area contributed by atoms with Gasteiger partial charge in [0, 0.05) is 24.0 Å². The van der Waals surface area contributed by atoms with Crippen molar-refractivity contribution in [1.82, 2.24) is 10.3 Å². The van der Waals surface area contributed by atoms with Crippen LogP contribution in [0.3, 0.4) is 0 Å². The van der Waals surface area contributed by atoms with Crippen molar-refractivity contribution in [3.63, 3.8) is 0 Å². The molecule has 28 heavy (non-hydrogen) atoms. The molecule has 0 aliphatic rings. The van der Waals surface area contributed by atoms with Crippen LogP contribution in [0.4, 0.5) is 10.2 Å². The van der Waals surface area contributed by atoms with E-state index < -0.39 is 17.8 Å². The maximum atomic E-state index is 13.3. The van der Waals surface area contributed by atoms with Gasteiger partial charge in [0.2, 0.25) is 0 Å². The van der Waals surface area contributed by atoms with E-state index in [0.29, 0.717) is 10.8 Å². The molecular formula is C18H20ClFN6O2. The Morgan fingerprint density at radius 1 is 1.43 bits per heavy atom. The van der Waals surface area contributed by atoms with Gasteiger partial charge < -0.3 is 27.3 Å². The van der Waals surface area contributed by atoms with Crippen molar-refractivity contribution in [1.29, 1.82) is 0 Å². The highest BCUT2D eigenvalue weighted by Crippen LogP contribution is 2.26. The van der Waals surface area contributed by atoms with Crippen LogP contribution in [0.2, 0.25) is 5.02 Å². The number of methoxy groups -OCH3 is 1. The first-order valence-electron chi connectivity index (χ1n) is 8.10. The molecule has 2 rings (SSSR count). The first-order chi connectivity index (χ1) is 13.4. The summed E-state index contributed by atoms with van der Waals surface area (Å²) in [7, 11) is 1.52. The van der Waals surface area contributed by atoms with Crippen LogP contribution in [0.15, 0.2) is 47.4 Å². The van der Waals surface area contributed by atoms with Gasteiger partial charge in [-0.15, -0.1) is 0 Å². The van der Waals surface area contributed by atoms with E-state index in [0.717, 1.165) is 24.0 Å². The number of benzene rings is 1. The quantitative estimate of drug-likeness (QED) is 0.516. The smallest absolute Gasteiger partial charge is 0.259 e. The van der Waals surface area contributed by atoms with Crippen molar-refractivity contribution in [2.75, 3.05) is 19.4 Å². The molecule has 1 unspecified atom stereocenters. The fourth-order valence-electron chi connectivity index (χ4n) is 2.30. The van der Waals surface area contributed by atoms with Crippen molar-refractivity contribution in [3.05, 3.63) is 64.3 Å². The number of nitrogen functional groups attached to an aromatic ring is 1. The minimum atomic E-state index is -0.690. The molecule has 1 heterocycles. The number of nitrogens with one attached hydrogen (secondary N) is 1. The normalized spacial score (nSPS) is 12.8. The molecule has 0 fully saturated rings. The zero-order valence-corrected chi connectivity index (χ0v) is 15.8. The topological polar surface area (TPSA) is 142 Å². The van der Waals surface area contributed by atoms with Gasteiger partial charge in [0.05, 0.1) is 30.6 Å². The lowest BCUT2D eigenvalue weighted by atomic mass is 10.1. The fraction of sp³-hybridized carbons (Fsp3) is 0.167. The number of allylic oxidation sites excluding steroid dienone is 1. The zero-order chi connectivity index (χ0) is 20.7. The summed E-state index contributed by atoms with van der Waals surface area (Å²) < 4.78 is 18.5. The zero-order valence-electron chi connectivity index (χ0n) is 15.0. The van der Waals surface area contributed by atoms with E-state index in [1.807, 2.05) is 0 Å². The molecule has 0 bridgehead atoms. The van der Waals surface area contributed by atoms with Crippen LogP contribution < -0.4 is 27.3 Å². The van der Waals surface area contributed by atoms with Gasteiger partial charge in [-0.05, 0) is 29.8 Å². The van der Waals surface area contributed by atoms with Crippen LogP contribution in [-0.4, -0.2) is 30.8 Å². The number of carbonyl (C=O) groups is 1. The van der Waals surface area contributed by atoms with Crippen LogP contribution >= 0.6 is 11.6 Å². The van der Waals surface area contributed by atoms with Gasteiger partial charge >= 0.3 is 0 Å². The molecule has 1 atom stereocenters. The number of ether oxygens (including phenoxy) is 1. The average molecular weight is 407 g/mol. The molecular weight excluding hydrogens is 387 g/mol. The van der Waals surface area contributed by atoms with Gasteiger partial charge in [0.25, 0.3) is 5.91 Å². The fourth-order valence-corrected chi connectivity index (χ4v) is 2.53. The molecule has 0 radical (unpaired) electrons. The Morgan fingerprint density at radius 2 is 2.18 bits per heavy atom. The lowest BCUT2D eigenvalue weighted by Gasteiger charge is -2.13. The highest BCUT2D eigenvalue weighted by Gasteiger charge is 2.14. The van der Waals surface area contributed by atoms with E-state index in [2.05, 4.69) is 15.3 Å². The van der Waals surface area contributed by atoms with Crippen LogP contribution in [-0.2, 0) is 0 Å². The minimum absolute atomic E-state index is 0.113. The number of anilines is 1. The number of halogens is 2. The van der Waals surface area contributed by atoms with Crippen LogP contribution in [0.25, 0.3) is 0 Å². The third kappa shape index (κ3) is 5.41. The molecule has 148 valence electrons. The predicted molar refractivity (Wildman–Crippen MR) is 107 cm³/mol. The van der Waals surface area contributed by atoms with Gasteiger partial charge in [-0.25, -0.2) is 9.37 Å². The van der Waals surface area contributed by atoms with Gasteiger partial charge in [-0.3, -0.25) is 9.79 Å². The lowest BCUT2D eigenvalue weighted by molar-refractivity contribution is 0.0968. The van der Waals surface area contributed by atoms with E-state index in [-0.39, 0.29) is 23.6 Å². The molecule has 2 aromatic rings. The van der Waals surface area contributed by atoms with Crippen molar-refractivity contribution >= 4 is 29.5 Å². The van der Waals surface area contributed by atoms with Crippen LogP contribution in [0, 0.1) is 5.82 Å². The largest absolute Gasteiger partial charge is 0.497 e. The summed E-state index contributed by atoms with van der Waals surface area (Å²) in [6.07, 6.45) is 3.39. The second kappa shape index (κ2) is 9.67. The Morgan fingerprint density at radius 3 is 2.82 bits per heavy atom. The van der Waals surface area contributed by atoms with E-state index in [1.54, 1.807) is 18.2 Å².